The van der Waals surface area contributed by atoms with Gasteiger partial charge in [0.05, 0.1) is 12.5 Å². The van der Waals surface area contributed by atoms with Crippen LogP contribution in [0.2, 0.25) is 0 Å². The quantitative estimate of drug-likeness (QED) is 0.793. The second kappa shape index (κ2) is 6.35. The van der Waals surface area contributed by atoms with Crippen molar-refractivity contribution >= 4 is 5.91 Å². The zero-order chi connectivity index (χ0) is 13.6. The van der Waals surface area contributed by atoms with E-state index in [0.717, 1.165) is 12.0 Å². The summed E-state index contributed by atoms with van der Waals surface area (Å²) < 4.78 is 4.97. The fraction of sp³-hybridized carbons (Fsp3) is 0.538. The molecule has 0 aliphatic carbocycles. The molecule has 1 atom stereocenters. The summed E-state index contributed by atoms with van der Waals surface area (Å²) in [5, 5.41) is 2.88. The van der Waals surface area contributed by atoms with Gasteiger partial charge in [-0.25, -0.2) is 4.98 Å². The first kappa shape index (κ1) is 14.4. The molecular formula is C13H21N3O2. The van der Waals surface area contributed by atoms with E-state index < -0.39 is 5.41 Å². The van der Waals surface area contributed by atoms with Gasteiger partial charge in [0.15, 0.2) is 0 Å². The molecule has 1 unspecified atom stereocenters. The number of nitrogens with two attached hydrogens (primary N) is 1. The van der Waals surface area contributed by atoms with E-state index in [1.54, 1.807) is 19.4 Å². The number of aromatic nitrogens is 1. The Bertz CT molecular complexity index is 386. The van der Waals surface area contributed by atoms with Crippen LogP contribution in [-0.2, 0) is 11.3 Å². The summed E-state index contributed by atoms with van der Waals surface area (Å²) in [4.78, 5) is 16.1. The van der Waals surface area contributed by atoms with Crippen molar-refractivity contribution in [3.8, 4) is 5.88 Å². The van der Waals surface area contributed by atoms with Gasteiger partial charge in [-0.05, 0) is 18.9 Å². The summed E-state index contributed by atoms with van der Waals surface area (Å²) >= 11 is 0. The van der Waals surface area contributed by atoms with Crippen LogP contribution >= 0.6 is 0 Å². The monoisotopic (exact) mass is 251 g/mol. The second-order valence-electron chi connectivity index (χ2n) is 4.51. The summed E-state index contributed by atoms with van der Waals surface area (Å²) in [5.74, 6) is 0.536. The fourth-order valence-electron chi connectivity index (χ4n) is 1.43. The standard InChI is InChI=1S/C13H21N3O2/c1-4-13(2,9-14)12(17)16-8-10-5-6-11(18-3)15-7-10/h5-7H,4,8-9,14H2,1-3H3,(H,16,17). The van der Waals surface area contributed by atoms with Gasteiger partial charge in [0.2, 0.25) is 11.8 Å². The summed E-state index contributed by atoms with van der Waals surface area (Å²) in [5.41, 5.74) is 6.07. The summed E-state index contributed by atoms with van der Waals surface area (Å²) in [6.45, 7) is 4.62. The molecule has 3 N–H and O–H groups in total. The number of hydrogen-bond donors (Lipinski definition) is 2. The molecule has 0 spiro atoms. The third kappa shape index (κ3) is 3.43. The normalized spacial score (nSPS) is 13.8. The number of rotatable bonds is 6. The number of carbonyl (C=O) groups excluding carboxylic acids is 1. The Hall–Kier alpha value is -1.62. The van der Waals surface area contributed by atoms with E-state index in [1.165, 1.54) is 0 Å². The lowest BCUT2D eigenvalue weighted by Gasteiger charge is -2.24. The minimum atomic E-state index is -0.500. The highest BCUT2D eigenvalue weighted by Gasteiger charge is 2.29. The van der Waals surface area contributed by atoms with Crippen molar-refractivity contribution in [2.45, 2.75) is 26.8 Å². The highest BCUT2D eigenvalue weighted by molar-refractivity contribution is 5.82. The van der Waals surface area contributed by atoms with Crippen LogP contribution in [-0.4, -0.2) is 24.5 Å². The molecule has 5 nitrogen and oxygen atoms in total. The molecule has 1 heterocycles. The minimum absolute atomic E-state index is 0.0247. The first-order valence-corrected chi connectivity index (χ1v) is 6.03. The number of amides is 1. The highest BCUT2D eigenvalue weighted by Crippen LogP contribution is 2.19. The smallest absolute Gasteiger partial charge is 0.227 e. The maximum Gasteiger partial charge on any atom is 0.227 e. The molecule has 0 aromatic carbocycles. The van der Waals surface area contributed by atoms with Crippen molar-refractivity contribution in [2.75, 3.05) is 13.7 Å². The molecule has 18 heavy (non-hydrogen) atoms. The third-order valence-electron chi connectivity index (χ3n) is 3.24. The zero-order valence-electron chi connectivity index (χ0n) is 11.2. The number of carbonyl (C=O) groups is 1. The molecule has 1 amide bonds. The van der Waals surface area contributed by atoms with Crippen molar-refractivity contribution in [2.24, 2.45) is 11.1 Å². The highest BCUT2D eigenvalue weighted by atomic mass is 16.5. The topological polar surface area (TPSA) is 77.2 Å². The number of methoxy groups -OCH3 is 1. The van der Waals surface area contributed by atoms with Crippen LogP contribution in [0.5, 0.6) is 5.88 Å². The first-order chi connectivity index (χ1) is 8.55. The Morgan fingerprint density at radius 1 is 1.56 bits per heavy atom. The Kier molecular flexibility index (Phi) is 5.09. The Labute approximate surface area is 108 Å². The van der Waals surface area contributed by atoms with Gasteiger partial charge in [-0.2, -0.15) is 0 Å². The SMILES string of the molecule is CCC(C)(CN)C(=O)NCc1ccc(OC)nc1. The lowest BCUT2D eigenvalue weighted by molar-refractivity contribution is -0.130. The molecule has 5 heteroatoms. The van der Waals surface area contributed by atoms with E-state index in [0.29, 0.717) is 19.0 Å². The minimum Gasteiger partial charge on any atom is -0.481 e. The maximum atomic E-state index is 12.0. The molecule has 1 aromatic rings. The van der Waals surface area contributed by atoms with Crippen molar-refractivity contribution in [3.63, 3.8) is 0 Å². The average Bonchev–Trinajstić information content (AvgIpc) is 2.44. The van der Waals surface area contributed by atoms with Crippen LogP contribution < -0.4 is 15.8 Å². The molecule has 0 saturated heterocycles. The molecular weight excluding hydrogens is 230 g/mol. The van der Waals surface area contributed by atoms with E-state index in [1.807, 2.05) is 19.9 Å². The van der Waals surface area contributed by atoms with Crippen LogP contribution in [0, 0.1) is 5.41 Å². The molecule has 0 radical (unpaired) electrons. The van der Waals surface area contributed by atoms with Gasteiger partial charge in [-0.15, -0.1) is 0 Å². The number of pyridine rings is 1. The van der Waals surface area contributed by atoms with Gasteiger partial charge in [0.1, 0.15) is 0 Å². The van der Waals surface area contributed by atoms with E-state index in [9.17, 15) is 4.79 Å². The van der Waals surface area contributed by atoms with Crippen LogP contribution in [0.15, 0.2) is 18.3 Å². The first-order valence-electron chi connectivity index (χ1n) is 6.03. The van der Waals surface area contributed by atoms with E-state index in [4.69, 9.17) is 10.5 Å². The summed E-state index contributed by atoms with van der Waals surface area (Å²) in [6.07, 6.45) is 2.40. The molecule has 1 aromatic heterocycles. The van der Waals surface area contributed by atoms with Gasteiger partial charge in [-0.1, -0.05) is 13.0 Å². The average molecular weight is 251 g/mol. The van der Waals surface area contributed by atoms with E-state index in [-0.39, 0.29) is 5.91 Å². The Morgan fingerprint density at radius 2 is 2.28 bits per heavy atom. The van der Waals surface area contributed by atoms with Gasteiger partial charge in [-0.3, -0.25) is 4.79 Å². The van der Waals surface area contributed by atoms with Crippen molar-refractivity contribution in [1.82, 2.24) is 10.3 Å². The second-order valence-corrected chi connectivity index (χ2v) is 4.51. The van der Waals surface area contributed by atoms with E-state index >= 15 is 0 Å². The van der Waals surface area contributed by atoms with Crippen LogP contribution in [0.25, 0.3) is 0 Å². The van der Waals surface area contributed by atoms with Gasteiger partial charge in [0, 0.05) is 25.4 Å². The summed E-state index contributed by atoms with van der Waals surface area (Å²) in [6, 6.07) is 3.64. The summed E-state index contributed by atoms with van der Waals surface area (Å²) in [7, 11) is 1.57. The third-order valence-corrected chi connectivity index (χ3v) is 3.24. The van der Waals surface area contributed by atoms with Crippen molar-refractivity contribution in [1.29, 1.82) is 0 Å². The zero-order valence-corrected chi connectivity index (χ0v) is 11.2. The van der Waals surface area contributed by atoms with Gasteiger partial charge in [0.25, 0.3) is 0 Å². The molecule has 0 aliphatic rings. The number of nitrogens with one attached hydrogen (secondary N) is 1. The molecule has 1 rings (SSSR count). The maximum absolute atomic E-state index is 12.0. The molecule has 0 bridgehead atoms. The number of hydrogen-bond acceptors (Lipinski definition) is 4. The van der Waals surface area contributed by atoms with Crippen LogP contribution in [0.3, 0.4) is 0 Å². The Balaban J connectivity index is 2.56. The molecule has 0 aliphatic heterocycles. The van der Waals surface area contributed by atoms with E-state index in [2.05, 4.69) is 10.3 Å². The van der Waals surface area contributed by atoms with Crippen molar-refractivity contribution in [3.05, 3.63) is 23.9 Å². The largest absolute Gasteiger partial charge is 0.481 e. The Morgan fingerprint density at radius 3 is 2.72 bits per heavy atom. The molecule has 0 saturated carbocycles. The van der Waals surface area contributed by atoms with Gasteiger partial charge < -0.3 is 15.8 Å². The van der Waals surface area contributed by atoms with Gasteiger partial charge >= 0.3 is 0 Å². The fourth-order valence-corrected chi connectivity index (χ4v) is 1.43. The number of nitrogens with zero attached hydrogens (tertiary/aromatic N) is 1. The van der Waals surface area contributed by atoms with Crippen LogP contribution in [0.1, 0.15) is 25.8 Å². The van der Waals surface area contributed by atoms with Crippen molar-refractivity contribution < 1.29 is 9.53 Å². The molecule has 0 fully saturated rings. The lowest BCUT2D eigenvalue weighted by atomic mass is 9.86. The van der Waals surface area contributed by atoms with Crippen LogP contribution in [0.4, 0.5) is 0 Å². The molecule has 100 valence electrons. The lowest BCUT2D eigenvalue weighted by Crippen LogP contribution is -2.43. The predicted molar refractivity (Wildman–Crippen MR) is 70.1 cm³/mol. The predicted octanol–water partition coefficient (Wildman–Crippen LogP) is 1.08. The number of ether oxygens (including phenoxy) is 1.